The lowest BCUT2D eigenvalue weighted by atomic mass is 10.0. The van der Waals surface area contributed by atoms with Crippen molar-refractivity contribution in [3.8, 4) is 0 Å². The molecule has 0 amide bonds. The van der Waals surface area contributed by atoms with Gasteiger partial charge in [0, 0.05) is 26.8 Å². The molecule has 8 unspecified atom stereocenters. The maximum absolute atomic E-state index is 12.3. The van der Waals surface area contributed by atoms with Crippen molar-refractivity contribution >= 4 is 15.4 Å². The van der Waals surface area contributed by atoms with Crippen LogP contribution in [-0.4, -0.2) is 87.8 Å². The minimum atomic E-state index is -4.51. The van der Waals surface area contributed by atoms with Crippen LogP contribution in [0.2, 0.25) is 0 Å². The molecule has 11 nitrogen and oxygen atoms in total. The second-order valence-corrected chi connectivity index (χ2v) is 10.1. The number of hydrogen-bond acceptors (Lipinski definition) is 10. The number of rotatable bonds is 10. The third-order valence-electron chi connectivity index (χ3n) is 4.64. The van der Waals surface area contributed by atoms with Crippen LogP contribution in [0.3, 0.4) is 0 Å². The standard InChI is InChI=1S/C14H28O11P2/c1-9-11(19-2)6-22-12(9)7-24-27(17,18)25-14-10(15)5-21-13(14)8-23-26(4,16)20-3/h9-15H,5-8H2,1-4H3,(H,17,18). The summed E-state index contributed by atoms with van der Waals surface area (Å²) < 4.78 is 60.0. The maximum Gasteiger partial charge on any atom is 0.472 e. The fourth-order valence-electron chi connectivity index (χ4n) is 2.80. The molecule has 0 aliphatic carbocycles. The minimum Gasteiger partial charge on any atom is -0.388 e. The topological polar surface area (TPSA) is 139 Å². The third kappa shape index (κ3) is 6.55. The summed E-state index contributed by atoms with van der Waals surface area (Å²) in [7, 11) is -4.99. The first kappa shape index (κ1) is 23.4. The Morgan fingerprint density at radius 3 is 2.30 bits per heavy atom. The van der Waals surface area contributed by atoms with Crippen molar-refractivity contribution in [2.45, 2.75) is 37.4 Å². The Balaban J connectivity index is 1.88. The average Bonchev–Trinajstić information content (AvgIpc) is 3.14. The van der Waals surface area contributed by atoms with Crippen LogP contribution in [0.25, 0.3) is 0 Å². The van der Waals surface area contributed by atoms with Crippen molar-refractivity contribution < 1.29 is 51.4 Å². The van der Waals surface area contributed by atoms with Gasteiger partial charge in [0.05, 0.1) is 38.6 Å². The van der Waals surface area contributed by atoms with E-state index in [1.165, 1.54) is 13.8 Å². The number of methoxy groups -OCH3 is 1. The predicted octanol–water partition coefficient (Wildman–Crippen LogP) is 0.784. The maximum atomic E-state index is 12.3. The van der Waals surface area contributed by atoms with Crippen LogP contribution >= 0.6 is 15.4 Å². The molecule has 2 N–H and O–H groups in total. The zero-order chi connectivity index (χ0) is 20.2. The molecule has 2 heterocycles. The Kier molecular flexibility index (Phi) is 8.43. The van der Waals surface area contributed by atoms with E-state index in [1.54, 1.807) is 7.11 Å². The lowest BCUT2D eigenvalue weighted by Gasteiger charge is -2.25. The van der Waals surface area contributed by atoms with Crippen molar-refractivity contribution in [1.29, 1.82) is 0 Å². The van der Waals surface area contributed by atoms with E-state index in [2.05, 4.69) is 0 Å². The highest BCUT2D eigenvalue weighted by molar-refractivity contribution is 7.52. The van der Waals surface area contributed by atoms with Crippen LogP contribution in [0.15, 0.2) is 0 Å². The highest BCUT2D eigenvalue weighted by atomic mass is 31.2. The molecule has 0 saturated carbocycles. The van der Waals surface area contributed by atoms with Gasteiger partial charge in [0.2, 0.25) is 0 Å². The van der Waals surface area contributed by atoms with Crippen molar-refractivity contribution in [3.63, 3.8) is 0 Å². The molecule has 0 bridgehead atoms. The molecule has 0 radical (unpaired) electrons. The molecule has 160 valence electrons. The second kappa shape index (κ2) is 9.73. The summed E-state index contributed by atoms with van der Waals surface area (Å²) in [6.45, 7) is 2.98. The lowest BCUT2D eigenvalue weighted by molar-refractivity contribution is -0.0178. The number of phosphoric ester groups is 1. The Morgan fingerprint density at radius 2 is 1.70 bits per heavy atom. The highest BCUT2D eigenvalue weighted by Crippen LogP contribution is 2.48. The normalized spacial score (nSPS) is 38.6. The van der Waals surface area contributed by atoms with Gasteiger partial charge in [-0.3, -0.25) is 13.6 Å². The number of hydrogen-bond donors (Lipinski definition) is 2. The van der Waals surface area contributed by atoms with Gasteiger partial charge in [0.1, 0.15) is 18.3 Å². The van der Waals surface area contributed by atoms with E-state index < -0.39 is 39.8 Å². The molecule has 0 aromatic carbocycles. The van der Waals surface area contributed by atoms with Gasteiger partial charge in [0.25, 0.3) is 0 Å². The van der Waals surface area contributed by atoms with Crippen LogP contribution in [0.1, 0.15) is 6.92 Å². The summed E-state index contributed by atoms with van der Waals surface area (Å²) in [6.07, 6.45) is -3.80. The van der Waals surface area contributed by atoms with Crippen LogP contribution in [0, 0.1) is 5.92 Å². The van der Waals surface area contributed by atoms with E-state index in [0.717, 1.165) is 0 Å². The monoisotopic (exact) mass is 434 g/mol. The van der Waals surface area contributed by atoms with E-state index in [0.29, 0.717) is 6.61 Å². The number of phosphoric acid groups is 1. The van der Waals surface area contributed by atoms with Gasteiger partial charge < -0.3 is 33.3 Å². The lowest BCUT2D eigenvalue weighted by Crippen LogP contribution is -2.35. The summed E-state index contributed by atoms with van der Waals surface area (Å²) in [5.41, 5.74) is 0. The first-order valence-electron chi connectivity index (χ1n) is 8.46. The van der Waals surface area contributed by atoms with Gasteiger partial charge in [-0.1, -0.05) is 6.92 Å². The van der Waals surface area contributed by atoms with E-state index in [4.69, 9.17) is 32.3 Å². The van der Waals surface area contributed by atoms with Crippen molar-refractivity contribution in [3.05, 3.63) is 0 Å². The Labute approximate surface area is 158 Å². The van der Waals surface area contributed by atoms with Crippen molar-refractivity contribution in [2.24, 2.45) is 5.92 Å². The first-order valence-corrected chi connectivity index (χ1v) is 11.9. The summed E-state index contributed by atoms with van der Waals surface area (Å²) in [6, 6.07) is 0. The predicted molar refractivity (Wildman–Crippen MR) is 92.6 cm³/mol. The smallest absolute Gasteiger partial charge is 0.388 e. The summed E-state index contributed by atoms with van der Waals surface area (Å²) in [5.74, 6) is -0.0238. The largest absolute Gasteiger partial charge is 0.472 e. The number of aliphatic hydroxyl groups excluding tert-OH is 1. The average molecular weight is 434 g/mol. The minimum absolute atomic E-state index is 0.0238. The molecule has 0 aromatic rings. The van der Waals surface area contributed by atoms with Crippen molar-refractivity contribution in [2.75, 3.05) is 47.3 Å². The Bertz CT molecular complexity index is 573. The molecule has 2 fully saturated rings. The molecule has 0 aromatic heterocycles. The summed E-state index contributed by atoms with van der Waals surface area (Å²) >= 11 is 0. The first-order chi connectivity index (χ1) is 12.6. The SMILES string of the molecule is COC1COC(COP(=O)(O)OC2C(O)COC2COP(C)(=O)OC)C1C. The zero-order valence-electron chi connectivity index (χ0n) is 15.8. The Hall–Kier alpha value is 0.1000. The molecule has 2 aliphatic rings. The number of aliphatic hydroxyl groups is 1. The summed E-state index contributed by atoms with van der Waals surface area (Å²) in [5, 5.41) is 9.96. The van der Waals surface area contributed by atoms with Crippen LogP contribution in [0.5, 0.6) is 0 Å². The molecule has 0 spiro atoms. The van der Waals surface area contributed by atoms with Gasteiger partial charge in [-0.15, -0.1) is 0 Å². The molecule has 2 aliphatic heterocycles. The van der Waals surface area contributed by atoms with E-state index in [-0.39, 0.29) is 31.8 Å². The van der Waals surface area contributed by atoms with Gasteiger partial charge in [0.15, 0.2) is 0 Å². The second-order valence-electron chi connectivity index (χ2n) is 6.53. The van der Waals surface area contributed by atoms with E-state index >= 15 is 0 Å². The number of ether oxygens (including phenoxy) is 3. The van der Waals surface area contributed by atoms with Crippen LogP contribution < -0.4 is 0 Å². The van der Waals surface area contributed by atoms with Gasteiger partial charge in [-0.05, 0) is 0 Å². The van der Waals surface area contributed by atoms with Crippen LogP contribution in [-0.2, 0) is 41.4 Å². The molecular formula is C14H28O11P2. The zero-order valence-corrected chi connectivity index (χ0v) is 17.5. The third-order valence-corrected chi connectivity index (χ3v) is 6.91. The molecule has 8 atom stereocenters. The van der Waals surface area contributed by atoms with E-state index in [1.807, 2.05) is 6.92 Å². The molecular weight excluding hydrogens is 406 g/mol. The van der Waals surface area contributed by atoms with E-state index in [9.17, 15) is 19.1 Å². The fraction of sp³-hybridized carbons (Fsp3) is 1.00. The molecule has 13 heteroatoms. The fourth-order valence-corrected chi connectivity index (χ4v) is 4.30. The molecule has 2 rings (SSSR count). The van der Waals surface area contributed by atoms with Crippen molar-refractivity contribution in [1.82, 2.24) is 0 Å². The Morgan fingerprint density at radius 1 is 1.07 bits per heavy atom. The molecule has 2 saturated heterocycles. The quantitative estimate of drug-likeness (QED) is 0.472. The molecule has 27 heavy (non-hydrogen) atoms. The highest BCUT2D eigenvalue weighted by Gasteiger charge is 2.44. The van der Waals surface area contributed by atoms with Crippen LogP contribution in [0.4, 0.5) is 0 Å². The van der Waals surface area contributed by atoms with Gasteiger partial charge in [-0.25, -0.2) is 4.57 Å². The van der Waals surface area contributed by atoms with Gasteiger partial charge >= 0.3 is 15.4 Å². The summed E-state index contributed by atoms with van der Waals surface area (Å²) in [4.78, 5) is 9.99. The van der Waals surface area contributed by atoms with Gasteiger partial charge in [-0.2, -0.15) is 0 Å².